The lowest BCUT2D eigenvalue weighted by molar-refractivity contribution is -0.140. The van der Waals surface area contributed by atoms with Crippen molar-refractivity contribution >= 4 is 17.6 Å². The van der Waals surface area contributed by atoms with Crippen molar-refractivity contribution in [3.63, 3.8) is 0 Å². The fourth-order valence-electron chi connectivity index (χ4n) is 3.86. The van der Waals surface area contributed by atoms with Crippen LogP contribution in [-0.2, 0) is 30.3 Å². The summed E-state index contributed by atoms with van der Waals surface area (Å²) in [4.78, 5) is 28.7. The minimum atomic E-state index is -0.594. The van der Waals surface area contributed by atoms with Crippen molar-refractivity contribution in [3.8, 4) is 0 Å². The number of benzene rings is 1. The number of piperidine rings is 1. The molecular formula is C21H28N2O5. The summed E-state index contributed by atoms with van der Waals surface area (Å²) in [6, 6.07) is 7.97. The van der Waals surface area contributed by atoms with Gasteiger partial charge in [0.15, 0.2) is 0 Å². The largest absolute Gasteiger partial charge is 0.466 e. The number of likely N-dealkylation sites (tertiary alicyclic amines) is 1. The maximum Gasteiger partial charge on any atom is 0.355 e. The van der Waals surface area contributed by atoms with Gasteiger partial charge in [-0.25, -0.2) is 9.59 Å². The molecule has 0 amide bonds. The van der Waals surface area contributed by atoms with Crippen LogP contribution in [0.5, 0.6) is 0 Å². The lowest BCUT2D eigenvalue weighted by Crippen LogP contribution is -2.39. The fourth-order valence-corrected chi connectivity index (χ4v) is 3.86. The molecule has 3 rings (SSSR count). The third-order valence-electron chi connectivity index (χ3n) is 5.20. The van der Waals surface area contributed by atoms with Gasteiger partial charge in [-0.05, 0) is 43.0 Å². The Balaban J connectivity index is 1.88. The first kappa shape index (κ1) is 20.4. The number of anilines is 1. The molecule has 7 heteroatoms. The van der Waals surface area contributed by atoms with Gasteiger partial charge in [-0.3, -0.25) is 4.90 Å². The normalized spacial score (nSPS) is 20.8. The van der Waals surface area contributed by atoms with E-state index in [9.17, 15) is 9.59 Å². The molecule has 28 heavy (non-hydrogen) atoms. The number of ether oxygens (including phenoxy) is 3. The van der Waals surface area contributed by atoms with Gasteiger partial charge in [-0.2, -0.15) is 0 Å². The molecular weight excluding hydrogens is 360 g/mol. The number of carbonyl (C=O) groups is 2. The van der Waals surface area contributed by atoms with E-state index in [1.165, 1.54) is 27.1 Å². The first-order valence-electron chi connectivity index (χ1n) is 9.59. The topological polar surface area (TPSA) is 68.3 Å². The molecule has 7 nitrogen and oxygen atoms in total. The van der Waals surface area contributed by atoms with Crippen LogP contribution in [0.3, 0.4) is 0 Å². The van der Waals surface area contributed by atoms with Crippen LogP contribution in [0, 0.1) is 5.92 Å². The maximum atomic E-state index is 12.4. The third-order valence-corrected chi connectivity index (χ3v) is 5.20. The average molecular weight is 388 g/mol. The van der Waals surface area contributed by atoms with Crippen molar-refractivity contribution in [2.75, 3.05) is 45.5 Å². The smallest absolute Gasteiger partial charge is 0.355 e. The van der Waals surface area contributed by atoms with Crippen LogP contribution in [0.2, 0.25) is 0 Å². The first-order chi connectivity index (χ1) is 13.5. The van der Waals surface area contributed by atoms with E-state index < -0.39 is 11.9 Å². The van der Waals surface area contributed by atoms with Crippen molar-refractivity contribution in [1.29, 1.82) is 0 Å². The van der Waals surface area contributed by atoms with E-state index in [0.29, 0.717) is 5.92 Å². The van der Waals surface area contributed by atoms with E-state index in [1.54, 1.807) is 4.90 Å². The molecule has 2 heterocycles. The molecule has 0 aliphatic carbocycles. The van der Waals surface area contributed by atoms with Crippen LogP contribution < -0.4 is 4.90 Å². The lowest BCUT2D eigenvalue weighted by Gasteiger charge is -2.33. The fraction of sp³-hybridized carbons (Fsp3) is 0.524. The molecule has 0 aromatic heterocycles. The zero-order valence-electron chi connectivity index (χ0n) is 16.8. The van der Waals surface area contributed by atoms with Crippen molar-refractivity contribution in [2.45, 2.75) is 26.3 Å². The quantitative estimate of drug-likeness (QED) is 0.717. The number of nitrogens with zero attached hydrogens (tertiary/aromatic N) is 2. The van der Waals surface area contributed by atoms with Gasteiger partial charge in [0.1, 0.15) is 12.4 Å². The first-order valence-corrected chi connectivity index (χ1v) is 9.59. The Morgan fingerprint density at radius 3 is 2.71 bits per heavy atom. The van der Waals surface area contributed by atoms with Gasteiger partial charge < -0.3 is 19.1 Å². The molecule has 1 aromatic rings. The molecule has 1 fully saturated rings. The van der Waals surface area contributed by atoms with E-state index in [4.69, 9.17) is 14.2 Å². The Labute approximate surface area is 165 Å². The Bertz CT molecular complexity index is 761. The van der Waals surface area contributed by atoms with Crippen LogP contribution in [0.4, 0.5) is 5.69 Å². The Kier molecular flexibility index (Phi) is 6.70. The highest BCUT2D eigenvalue weighted by atomic mass is 16.5. The van der Waals surface area contributed by atoms with Crippen molar-refractivity contribution in [3.05, 3.63) is 41.1 Å². The van der Waals surface area contributed by atoms with Gasteiger partial charge in [0, 0.05) is 18.8 Å². The second kappa shape index (κ2) is 9.21. The summed E-state index contributed by atoms with van der Waals surface area (Å²) < 4.78 is 15.3. The summed E-state index contributed by atoms with van der Waals surface area (Å²) in [6.07, 6.45) is 2.50. The minimum absolute atomic E-state index is 0.0129. The van der Waals surface area contributed by atoms with Crippen LogP contribution in [0.15, 0.2) is 35.5 Å². The van der Waals surface area contributed by atoms with Gasteiger partial charge in [0.2, 0.25) is 0 Å². The van der Waals surface area contributed by atoms with Crippen LogP contribution in [0.1, 0.15) is 25.3 Å². The molecule has 1 atom stereocenters. The summed E-state index contributed by atoms with van der Waals surface area (Å²) >= 11 is 0. The van der Waals surface area contributed by atoms with E-state index in [0.717, 1.165) is 30.9 Å². The number of rotatable bonds is 5. The van der Waals surface area contributed by atoms with Crippen molar-refractivity contribution in [1.82, 2.24) is 4.90 Å². The highest BCUT2D eigenvalue weighted by Crippen LogP contribution is 2.28. The van der Waals surface area contributed by atoms with Gasteiger partial charge in [0.25, 0.3) is 0 Å². The van der Waals surface area contributed by atoms with E-state index >= 15 is 0 Å². The Morgan fingerprint density at radius 1 is 1.21 bits per heavy atom. The molecule has 0 spiro atoms. The molecule has 152 valence electrons. The monoisotopic (exact) mass is 388 g/mol. The summed E-state index contributed by atoms with van der Waals surface area (Å²) in [5.74, 6) is -0.466. The number of hydrogen-bond acceptors (Lipinski definition) is 7. The van der Waals surface area contributed by atoms with Gasteiger partial charge in [-0.1, -0.05) is 19.1 Å². The molecule has 0 radical (unpaired) electrons. The van der Waals surface area contributed by atoms with Gasteiger partial charge in [-0.15, -0.1) is 0 Å². The molecule has 1 saturated heterocycles. The molecule has 2 aliphatic heterocycles. The van der Waals surface area contributed by atoms with Crippen LogP contribution in [-0.4, -0.2) is 57.5 Å². The molecule has 2 aliphatic rings. The third kappa shape index (κ3) is 4.54. The molecule has 0 saturated carbocycles. The van der Waals surface area contributed by atoms with Crippen molar-refractivity contribution in [2.24, 2.45) is 5.92 Å². The minimum Gasteiger partial charge on any atom is -0.466 e. The standard InChI is InChI=1S/C21H28N2O5/c1-15-6-5-9-22(11-15)12-16-7-4-8-17(10-16)23-14-28-13-18(20(24)26-2)19(23)21(25)27-3/h4,7-8,10,15H,5-6,9,11-14H2,1-3H3. The van der Waals surface area contributed by atoms with Crippen LogP contribution in [0.25, 0.3) is 0 Å². The van der Waals surface area contributed by atoms with Gasteiger partial charge >= 0.3 is 11.9 Å². The predicted octanol–water partition coefficient (Wildman–Crippen LogP) is 2.31. The SMILES string of the molecule is COC(=O)C1=C(C(=O)OC)N(c2cccc(CN3CCCC(C)C3)c2)COC1. The molecule has 0 bridgehead atoms. The molecule has 1 aromatic carbocycles. The summed E-state index contributed by atoms with van der Waals surface area (Å²) in [5, 5.41) is 0. The lowest BCUT2D eigenvalue weighted by atomic mass is 10.00. The van der Waals surface area contributed by atoms with Crippen LogP contribution >= 0.6 is 0 Å². The summed E-state index contributed by atoms with van der Waals surface area (Å²) in [7, 11) is 2.58. The summed E-state index contributed by atoms with van der Waals surface area (Å²) in [6.45, 7) is 5.51. The average Bonchev–Trinajstić information content (AvgIpc) is 2.72. The van der Waals surface area contributed by atoms with E-state index in [2.05, 4.69) is 17.9 Å². The second-order valence-electron chi connectivity index (χ2n) is 7.37. The Hall–Kier alpha value is -2.38. The van der Waals surface area contributed by atoms with E-state index in [1.807, 2.05) is 18.2 Å². The van der Waals surface area contributed by atoms with Gasteiger partial charge in [0.05, 0.1) is 26.4 Å². The van der Waals surface area contributed by atoms with Crippen molar-refractivity contribution < 1.29 is 23.8 Å². The summed E-state index contributed by atoms with van der Waals surface area (Å²) in [5.41, 5.74) is 2.27. The van der Waals surface area contributed by atoms with E-state index in [-0.39, 0.29) is 24.6 Å². The zero-order valence-corrected chi connectivity index (χ0v) is 16.8. The second-order valence-corrected chi connectivity index (χ2v) is 7.37. The number of methoxy groups -OCH3 is 2. The molecule has 1 unspecified atom stereocenters. The number of carbonyl (C=O) groups excluding carboxylic acids is 2. The Morgan fingerprint density at radius 2 is 2.00 bits per heavy atom. The highest BCUT2D eigenvalue weighted by molar-refractivity contribution is 6.03. The molecule has 0 N–H and O–H groups in total. The number of esters is 2. The maximum absolute atomic E-state index is 12.4. The highest BCUT2D eigenvalue weighted by Gasteiger charge is 2.32. The number of hydrogen-bond donors (Lipinski definition) is 0. The predicted molar refractivity (Wildman–Crippen MR) is 104 cm³/mol. The zero-order chi connectivity index (χ0) is 20.1.